The highest BCUT2D eigenvalue weighted by Gasteiger charge is 2.30. The molecule has 106 valence electrons. The van der Waals surface area contributed by atoms with Crippen LogP contribution in [0.4, 0.5) is 0 Å². The maximum Gasteiger partial charge on any atom is 0.0868 e. The minimum absolute atomic E-state index is 0.278. The van der Waals surface area contributed by atoms with Crippen LogP contribution in [-0.2, 0) is 4.74 Å². The predicted octanol–water partition coefficient (Wildman–Crippen LogP) is 3.63. The van der Waals surface area contributed by atoms with Crippen molar-refractivity contribution in [2.24, 2.45) is 11.8 Å². The smallest absolute Gasteiger partial charge is 0.0868 e. The van der Waals surface area contributed by atoms with Gasteiger partial charge in [-0.1, -0.05) is 37.6 Å². The molecule has 19 heavy (non-hydrogen) atoms. The van der Waals surface area contributed by atoms with E-state index in [1.54, 1.807) is 0 Å². The third kappa shape index (κ3) is 3.80. The van der Waals surface area contributed by atoms with E-state index in [9.17, 15) is 0 Å². The van der Waals surface area contributed by atoms with E-state index >= 15 is 0 Å². The van der Waals surface area contributed by atoms with Crippen molar-refractivity contribution in [1.29, 1.82) is 0 Å². The van der Waals surface area contributed by atoms with Crippen molar-refractivity contribution < 1.29 is 4.74 Å². The van der Waals surface area contributed by atoms with E-state index in [-0.39, 0.29) is 6.10 Å². The van der Waals surface area contributed by atoms with Crippen LogP contribution in [0.2, 0.25) is 0 Å². The van der Waals surface area contributed by atoms with Crippen LogP contribution in [0.15, 0.2) is 18.2 Å². The SMILES string of the molecule is Cc1ccc(C2OCCC2CNCC(C)C)c(C)c1. The van der Waals surface area contributed by atoms with Crippen LogP contribution in [0.1, 0.15) is 43.1 Å². The average molecular weight is 261 g/mol. The third-order valence-electron chi connectivity index (χ3n) is 3.91. The van der Waals surface area contributed by atoms with Gasteiger partial charge in [-0.25, -0.2) is 0 Å². The summed E-state index contributed by atoms with van der Waals surface area (Å²) in [6.45, 7) is 11.9. The lowest BCUT2D eigenvalue weighted by Crippen LogP contribution is -2.28. The molecule has 1 aromatic carbocycles. The van der Waals surface area contributed by atoms with E-state index in [1.807, 2.05) is 0 Å². The lowest BCUT2D eigenvalue weighted by Gasteiger charge is -2.22. The third-order valence-corrected chi connectivity index (χ3v) is 3.91. The van der Waals surface area contributed by atoms with Crippen molar-refractivity contribution in [2.75, 3.05) is 19.7 Å². The van der Waals surface area contributed by atoms with E-state index in [1.165, 1.54) is 23.1 Å². The Bertz CT molecular complexity index is 414. The molecule has 2 atom stereocenters. The first kappa shape index (κ1) is 14.5. The van der Waals surface area contributed by atoms with Crippen LogP contribution in [-0.4, -0.2) is 19.7 Å². The number of rotatable bonds is 5. The molecule has 1 fully saturated rings. The molecule has 0 radical (unpaired) electrons. The molecule has 0 amide bonds. The van der Waals surface area contributed by atoms with Crippen LogP contribution in [0.5, 0.6) is 0 Å². The fourth-order valence-electron chi connectivity index (χ4n) is 2.89. The van der Waals surface area contributed by atoms with Crippen LogP contribution in [0, 0.1) is 25.7 Å². The van der Waals surface area contributed by atoms with Crippen molar-refractivity contribution in [2.45, 2.75) is 40.2 Å². The number of nitrogens with one attached hydrogen (secondary N) is 1. The predicted molar refractivity (Wildman–Crippen MR) is 80.4 cm³/mol. The summed E-state index contributed by atoms with van der Waals surface area (Å²) in [6.07, 6.45) is 1.45. The Hall–Kier alpha value is -0.860. The molecule has 1 aliphatic heterocycles. The Kier molecular flexibility index (Phi) is 5.00. The molecule has 0 aromatic heterocycles. The molecule has 2 nitrogen and oxygen atoms in total. The van der Waals surface area contributed by atoms with Gasteiger partial charge in [-0.15, -0.1) is 0 Å². The first-order valence-electron chi connectivity index (χ1n) is 7.47. The van der Waals surface area contributed by atoms with Crippen LogP contribution in [0.25, 0.3) is 0 Å². The Labute approximate surface area is 117 Å². The lowest BCUT2D eigenvalue weighted by atomic mass is 9.91. The molecule has 1 N–H and O–H groups in total. The van der Waals surface area contributed by atoms with Gasteiger partial charge in [0.15, 0.2) is 0 Å². The maximum atomic E-state index is 5.99. The molecule has 2 rings (SSSR count). The molecule has 2 unspecified atom stereocenters. The summed E-state index contributed by atoms with van der Waals surface area (Å²) in [6, 6.07) is 6.70. The van der Waals surface area contributed by atoms with Gasteiger partial charge in [0.25, 0.3) is 0 Å². The summed E-state index contributed by atoms with van der Waals surface area (Å²) in [5, 5.41) is 3.58. The first-order valence-corrected chi connectivity index (χ1v) is 7.47. The lowest BCUT2D eigenvalue weighted by molar-refractivity contribution is 0.0898. The molecule has 0 saturated carbocycles. The molecular weight excluding hydrogens is 234 g/mol. The number of aryl methyl sites for hydroxylation is 2. The molecule has 1 aliphatic rings. The van der Waals surface area contributed by atoms with Gasteiger partial charge < -0.3 is 10.1 Å². The van der Waals surface area contributed by atoms with Gasteiger partial charge in [0.2, 0.25) is 0 Å². The average Bonchev–Trinajstić information content (AvgIpc) is 2.77. The van der Waals surface area contributed by atoms with Gasteiger partial charge in [-0.05, 0) is 43.9 Å². The fourth-order valence-corrected chi connectivity index (χ4v) is 2.89. The fraction of sp³-hybridized carbons (Fsp3) is 0.647. The Morgan fingerprint density at radius 2 is 2.11 bits per heavy atom. The van der Waals surface area contributed by atoms with E-state index < -0.39 is 0 Å². The van der Waals surface area contributed by atoms with E-state index in [0.29, 0.717) is 11.8 Å². The zero-order valence-electron chi connectivity index (χ0n) is 12.7. The zero-order chi connectivity index (χ0) is 13.8. The van der Waals surface area contributed by atoms with Crippen LogP contribution >= 0.6 is 0 Å². The van der Waals surface area contributed by atoms with Gasteiger partial charge in [0.1, 0.15) is 0 Å². The molecule has 0 bridgehead atoms. The number of benzene rings is 1. The van der Waals surface area contributed by atoms with Gasteiger partial charge >= 0.3 is 0 Å². The van der Waals surface area contributed by atoms with Crippen molar-refractivity contribution >= 4 is 0 Å². The highest BCUT2D eigenvalue weighted by Crippen LogP contribution is 2.35. The van der Waals surface area contributed by atoms with Crippen molar-refractivity contribution in [3.8, 4) is 0 Å². The number of hydrogen-bond acceptors (Lipinski definition) is 2. The summed E-state index contributed by atoms with van der Waals surface area (Å²) < 4.78 is 5.99. The molecule has 1 saturated heterocycles. The van der Waals surface area contributed by atoms with Crippen molar-refractivity contribution in [3.05, 3.63) is 34.9 Å². The van der Waals surface area contributed by atoms with Gasteiger partial charge in [0, 0.05) is 19.1 Å². The monoisotopic (exact) mass is 261 g/mol. The van der Waals surface area contributed by atoms with Crippen LogP contribution < -0.4 is 5.32 Å². The summed E-state index contributed by atoms with van der Waals surface area (Å²) >= 11 is 0. The van der Waals surface area contributed by atoms with Crippen molar-refractivity contribution in [3.63, 3.8) is 0 Å². The summed E-state index contributed by atoms with van der Waals surface area (Å²) in [7, 11) is 0. The highest BCUT2D eigenvalue weighted by atomic mass is 16.5. The second-order valence-corrected chi connectivity index (χ2v) is 6.25. The molecule has 0 aliphatic carbocycles. The molecule has 1 heterocycles. The standard InChI is InChI=1S/C17H27NO/c1-12(2)10-18-11-15-7-8-19-17(15)16-6-5-13(3)9-14(16)4/h5-6,9,12,15,17-18H,7-8,10-11H2,1-4H3. The normalized spacial score (nSPS) is 23.2. The van der Waals surface area contributed by atoms with Gasteiger partial charge in [-0.2, -0.15) is 0 Å². The topological polar surface area (TPSA) is 21.3 Å². The minimum atomic E-state index is 0.278. The van der Waals surface area contributed by atoms with Gasteiger partial charge in [-0.3, -0.25) is 0 Å². The first-order chi connectivity index (χ1) is 9.08. The zero-order valence-corrected chi connectivity index (χ0v) is 12.7. The Morgan fingerprint density at radius 1 is 1.32 bits per heavy atom. The van der Waals surface area contributed by atoms with Crippen LogP contribution in [0.3, 0.4) is 0 Å². The highest BCUT2D eigenvalue weighted by molar-refractivity contribution is 5.32. The van der Waals surface area contributed by atoms with Gasteiger partial charge in [0.05, 0.1) is 6.10 Å². The summed E-state index contributed by atoms with van der Waals surface area (Å²) in [4.78, 5) is 0. The molecule has 2 heteroatoms. The summed E-state index contributed by atoms with van der Waals surface area (Å²) in [5.41, 5.74) is 4.06. The summed E-state index contributed by atoms with van der Waals surface area (Å²) in [5.74, 6) is 1.32. The second-order valence-electron chi connectivity index (χ2n) is 6.25. The Balaban J connectivity index is 2.01. The maximum absolute atomic E-state index is 5.99. The van der Waals surface area contributed by atoms with Crippen molar-refractivity contribution in [1.82, 2.24) is 5.32 Å². The number of hydrogen-bond donors (Lipinski definition) is 1. The second kappa shape index (κ2) is 6.53. The quantitative estimate of drug-likeness (QED) is 0.874. The van der Waals surface area contributed by atoms with E-state index in [2.05, 4.69) is 51.2 Å². The minimum Gasteiger partial charge on any atom is -0.373 e. The molecule has 0 spiro atoms. The molecule has 1 aromatic rings. The van der Waals surface area contributed by atoms with E-state index in [0.717, 1.165) is 19.7 Å². The largest absolute Gasteiger partial charge is 0.373 e. The Morgan fingerprint density at radius 3 is 2.79 bits per heavy atom. The molecular formula is C17H27NO. The number of ether oxygens (including phenoxy) is 1. The van der Waals surface area contributed by atoms with E-state index in [4.69, 9.17) is 4.74 Å².